The molecule has 5 nitrogen and oxygen atoms in total. The van der Waals surface area contributed by atoms with Crippen LogP contribution in [0.4, 0.5) is 14.5 Å². The van der Waals surface area contributed by atoms with Gasteiger partial charge in [-0.3, -0.25) is 9.59 Å². The molecule has 0 saturated heterocycles. The fourth-order valence-electron chi connectivity index (χ4n) is 2.21. The Kier molecular flexibility index (Phi) is 5.59. The summed E-state index contributed by atoms with van der Waals surface area (Å²) in [6, 6.07) is 9.20. The van der Waals surface area contributed by atoms with Gasteiger partial charge in [0.25, 0.3) is 5.91 Å². The summed E-state index contributed by atoms with van der Waals surface area (Å²) < 4.78 is 26.6. The highest BCUT2D eigenvalue weighted by Crippen LogP contribution is 2.14. The van der Waals surface area contributed by atoms with Gasteiger partial charge in [-0.2, -0.15) is 0 Å². The molecule has 1 atom stereocenters. The highest BCUT2D eigenvalue weighted by molar-refractivity contribution is 5.94. The van der Waals surface area contributed by atoms with Gasteiger partial charge in [0, 0.05) is 22.9 Å². The van der Waals surface area contributed by atoms with Crippen molar-refractivity contribution in [3.8, 4) is 0 Å². The fraction of sp³-hybridized carbons (Fsp3) is 0.176. The van der Waals surface area contributed by atoms with Gasteiger partial charge in [0.1, 0.15) is 17.7 Å². The lowest BCUT2D eigenvalue weighted by atomic mass is 10.1. The molecule has 0 aliphatic carbocycles. The van der Waals surface area contributed by atoms with Gasteiger partial charge in [-0.05, 0) is 43.3 Å². The van der Waals surface area contributed by atoms with E-state index in [1.165, 1.54) is 24.3 Å². The molecule has 0 spiro atoms. The largest absolute Gasteiger partial charge is 0.366 e. The van der Waals surface area contributed by atoms with Crippen molar-refractivity contribution in [2.75, 3.05) is 11.9 Å². The minimum Gasteiger partial charge on any atom is -0.366 e. The summed E-state index contributed by atoms with van der Waals surface area (Å²) in [5, 5.41) is 4.30. The van der Waals surface area contributed by atoms with Crippen molar-refractivity contribution < 1.29 is 23.7 Å². The average molecular weight is 334 g/mol. The average Bonchev–Trinajstić information content (AvgIpc) is 2.53. The summed E-state index contributed by atoms with van der Waals surface area (Å²) in [5.41, 5.74) is 6.34. The van der Waals surface area contributed by atoms with Crippen molar-refractivity contribution in [2.45, 2.75) is 13.0 Å². The van der Waals surface area contributed by atoms with Crippen LogP contribution in [-0.2, 0) is 4.79 Å². The van der Waals surface area contributed by atoms with Crippen molar-refractivity contribution in [2.24, 2.45) is 5.73 Å². The molecule has 24 heavy (non-hydrogen) atoms. The van der Waals surface area contributed by atoms with Crippen LogP contribution in [0.3, 0.4) is 0 Å². The fourth-order valence-corrected chi connectivity index (χ4v) is 2.21. The van der Waals surface area contributed by atoms with Crippen molar-refractivity contribution in [1.29, 1.82) is 0 Å². The van der Waals surface area contributed by atoms with Crippen molar-refractivity contribution in [1.82, 2.24) is 0 Å². The van der Waals surface area contributed by atoms with Gasteiger partial charge in [0.05, 0.1) is 0 Å². The maximum atomic E-state index is 13.7. The Hall–Kier alpha value is -2.80. The second kappa shape index (κ2) is 7.65. The van der Waals surface area contributed by atoms with Crippen LogP contribution in [0.5, 0.6) is 0 Å². The first kappa shape index (κ1) is 17.6. The van der Waals surface area contributed by atoms with E-state index in [0.717, 1.165) is 6.07 Å². The lowest BCUT2D eigenvalue weighted by molar-refractivity contribution is -0.682. The minimum atomic E-state index is -0.638. The number of carbonyl (C=O) groups is 2. The Balaban J connectivity index is 1.89. The summed E-state index contributed by atoms with van der Waals surface area (Å²) in [6.45, 7) is 1.79. The number of nitrogens with two attached hydrogens (primary N) is 2. The first-order chi connectivity index (χ1) is 11.4. The summed E-state index contributed by atoms with van der Waals surface area (Å²) in [5.74, 6) is -2.10. The predicted octanol–water partition coefficient (Wildman–Crippen LogP) is 1.33. The van der Waals surface area contributed by atoms with Crippen LogP contribution in [0, 0.1) is 11.6 Å². The molecule has 2 aromatic rings. The number of nitrogens with one attached hydrogen (secondary N) is 1. The molecule has 126 valence electrons. The molecule has 0 aliphatic heterocycles. The Morgan fingerprint density at radius 2 is 1.83 bits per heavy atom. The number of halogens is 2. The third-order valence-corrected chi connectivity index (χ3v) is 3.56. The molecule has 2 amide bonds. The second-order valence-electron chi connectivity index (χ2n) is 5.38. The molecule has 0 aromatic heterocycles. The first-order valence-electron chi connectivity index (χ1n) is 7.35. The number of rotatable bonds is 6. The van der Waals surface area contributed by atoms with Gasteiger partial charge in [-0.15, -0.1) is 0 Å². The number of hydrogen-bond donors (Lipinski definition) is 3. The van der Waals surface area contributed by atoms with E-state index in [-0.39, 0.29) is 18.5 Å². The van der Waals surface area contributed by atoms with Crippen LogP contribution in [0.15, 0.2) is 42.5 Å². The zero-order chi connectivity index (χ0) is 17.7. The van der Waals surface area contributed by atoms with Crippen LogP contribution >= 0.6 is 0 Å². The quantitative estimate of drug-likeness (QED) is 0.744. The summed E-state index contributed by atoms with van der Waals surface area (Å²) in [4.78, 5) is 22.9. The molecule has 0 unspecified atom stereocenters. The Morgan fingerprint density at radius 1 is 1.17 bits per heavy atom. The van der Waals surface area contributed by atoms with E-state index in [9.17, 15) is 18.4 Å². The second-order valence-corrected chi connectivity index (χ2v) is 5.38. The molecule has 0 bridgehead atoms. The molecule has 0 aliphatic rings. The lowest BCUT2D eigenvalue weighted by Crippen LogP contribution is -2.86. The molecule has 2 aromatic carbocycles. The number of quaternary nitrogens is 1. The molecule has 0 fully saturated rings. The standard InChI is InChI=1S/C17H17F2N3O2/c1-10(14-7-4-12(18)8-15(14)19)21-9-16(23)22-13-5-2-11(3-6-13)17(20)24/h2-8,10,21H,9H2,1H3,(H2,20,24)(H,22,23)/p+1/t10-/m1/s1. The Bertz CT molecular complexity index is 748. The Labute approximate surface area is 137 Å². The Morgan fingerprint density at radius 3 is 2.42 bits per heavy atom. The molecule has 2 rings (SSSR count). The van der Waals surface area contributed by atoms with Gasteiger partial charge in [-0.25, -0.2) is 8.78 Å². The van der Waals surface area contributed by atoms with Gasteiger partial charge >= 0.3 is 0 Å². The molecular formula is C17H18F2N3O2+. The molecular weight excluding hydrogens is 316 g/mol. The van der Waals surface area contributed by atoms with Crippen LogP contribution in [0.2, 0.25) is 0 Å². The van der Waals surface area contributed by atoms with Gasteiger partial charge in [0.15, 0.2) is 6.54 Å². The third kappa shape index (κ3) is 4.60. The third-order valence-electron chi connectivity index (χ3n) is 3.56. The monoisotopic (exact) mass is 334 g/mol. The van der Waals surface area contributed by atoms with Gasteiger partial charge < -0.3 is 16.4 Å². The normalized spacial score (nSPS) is 11.8. The number of carbonyl (C=O) groups excluding carboxylic acids is 2. The van der Waals surface area contributed by atoms with Crippen LogP contribution in [0.25, 0.3) is 0 Å². The number of amides is 2. The maximum Gasteiger partial charge on any atom is 0.279 e. The molecule has 0 radical (unpaired) electrons. The first-order valence-corrected chi connectivity index (χ1v) is 7.35. The number of benzene rings is 2. The topological polar surface area (TPSA) is 88.8 Å². The van der Waals surface area contributed by atoms with E-state index >= 15 is 0 Å². The SMILES string of the molecule is C[C@@H]([NH2+]CC(=O)Nc1ccc(C(N)=O)cc1)c1ccc(F)cc1F. The van der Waals surface area contributed by atoms with Crippen LogP contribution in [0.1, 0.15) is 28.9 Å². The van der Waals surface area contributed by atoms with E-state index in [1.807, 2.05) is 0 Å². The predicted molar refractivity (Wildman–Crippen MR) is 85.2 cm³/mol. The van der Waals surface area contributed by atoms with E-state index in [0.29, 0.717) is 16.8 Å². The number of primary amides is 1. The molecule has 0 heterocycles. The van der Waals surface area contributed by atoms with Crippen molar-refractivity contribution in [3.63, 3.8) is 0 Å². The van der Waals surface area contributed by atoms with Gasteiger partial charge in [-0.1, -0.05) is 0 Å². The van der Waals surface area contributed by atoms with Crippen LogP contribution in [-0.4, -0.2) is 18.4 Å². The smallest absolute Gasteiger partial charge is 0.279 e. The maximum absolute atomic E-state index is 13.7. The van der Waals surface area contributed by atoms with E-state index < -0.39 is 17.5 Å². The van der Waals surface area contributed by atoms with E-state index in [1.54, 1.807) is 24.4 Å². The van der Waals surface area contributed by atoms with Gasteiger partial charge in [0.2, 0.25) is 5.91 Å². The molecule has 5 N–H and O–H groups in total. The summed E-state index contributed by atoms with van der Waals surface area (Å²) in [7, 11) is 0. The van der Waals surface area contributed by atoms with E-state index in [4.69, 9.17) is 5.73 Å². The minimum absolute atomic E-state index is 0.0650. The highest BCUT2D eigenvalue weighted by atomic mass is 19.1. The highest BCUT2D eigenvalue weighted by Gasteiger charge is 2.16. The zero-order valence-corrected chi connectivity index (χ0v) is 13.1. The summed E-state index contributed by atoms with van der Waals surface area (Å²) in [6.07, 6.45) is 0. The van der Waals surface area contributed by atoms with E-state index in [2.05, 4.69) is 5.32 Å². The molecule has 7 heteroatoms. The lowest BCUT2D eigenvalue weighted by Gasteiger charge is -2.12. The van der Waals surface area contributed by atoms with Crippen molar-refractivity contribution >= 4 is 17.5 Å². The van der Waals surface area contributed by atoms with Crippen LogP contribution < -0.4 is 16.4 Å². The molecule has 0 saturated carbocycles. The number of hydrogen-bond acceptors (Lipinski definition) is 2. The zero-order valence-electron chi connectivity index (χ0n) is 13.1. The summed E-state index contributed by atoms with van der Waals surface area (Å²) >= 11 is 0. The number of anilines is 1. The van der Waals surface area contributed by atoms with Crippen molar-refractivity contribution in [3.05, 3.63) is 65.2 Å².